The lowest BCUT2D eigenvalue weighted by atomic mass is 10.2. The van der Waals surface area contributed by atoms with Gasteiger partial charge in [-0.3, -0.25) is 9.59 Å². The molecule has 2 N–H and O–H groups in total. The summed E-state index contributed by atoms with van der Waals surface area (Å²) in [5.74, 6) is -1.60. The molecule has 1 saturated carbocycles. The lowest BCUT2D eigenvalue weighted by molar-refractivity contribution is -0.120. The van der Waals surface area contributed by atoms with Gasteiger partial charge in [-0.25, -0.2) is 4.39 Å². The van der Waals surface area contributed by atoms with E-state index in [0.29, 0.717) is 0 Å². The first kappa shape index (κ1) is 12.8. The highest BCUT2D eigenvalue weighted by atomic mass is 35.5. The molecule has 0 bridgehead atoms. The average Bonchev–Trinajstić information content (AvgIpc) is 3.10. The molecule has 1 aromatic carbocycles. The fourth-order valence-electron chi connectivity index (χ4n) is 1.44. The Balaban J connectivity index is 1.88. The van der Waals surface area contributed by atoms with Crippen LogP contribution in [-0.4, -0.2) is 24.4 Å². The Labute approximate surface area is 109 Å². The monoisotopic (exact) mass is 270 g/mol. The third kappa shape index (κ3) is 3.43. The van der Waals surface area contributed by atoms with Crippen molar-refractivity contribution in [1.29, 1.82) is 0 Å². The molecule has 0 atom stereocenters. The van der Waals surface area contributed by atoms with Gasteiger partial charge in [0, 0.05) is 11.1 Å². The van der Waals surface area contributed by atoms with Crippen molar-refractivity contribution in [2.75, 3.05) is 6.54 Å². The minimum Gasteiger partial charge on any atom is -0.352 e. The highest BCUT2D eigenvalue weighted by molar-refractivity contribution is 6.30. The second-order valence-corrected chi connectivity index (χ2v) is 4.59. The Morgan fingerprint density at radius 1 is 1.39 bits per heavy atom. The van der Waals surface area contributed by atoms with Gasteiger partial charge in [0.05, 0.1) is 12.1 Å². The molecule has 2 amide bonds. The number of benzene rings is 1. The van der Waals surface area contributed by atoms with Gasteiger partial charge in [0.1, 0.15) is 5.82 Å². The van der Waals surface area contributed by atoms with Gasteiger partial charge < -0.3 is 10.6 Å². The number of amides is 2. The smallest absolute Gasteiger partial charge is 0.254 e. The van der Waals surface area contributed by atoms with Crippen LogP contribution in [0.3, 0.4) is 0 Å². The van der Waals surface area contributed by atoms with Crippen molar-refractivity contribution < 1.29 is 14.0 Å². The van der Waals surface area contributed by atoms with E-state index < -0.39 is 11.7 Å². The molecule has 1 fully saturated rings. The summed E-state index contributed by atoms with van der Waals surface area (Å²) in [5, 5.41) is 5.29. The summed E-state index contributed by atoms with van der Waals surface area (Å²) in [7, 11) is 0. The lowest BCUT2D eigenvalue weighted by Crippen LogP contribution is -2.38. The maximum absolute atomic E-state index is 13.4. The number of nitrogens with one attached hydrogen (secondary N) is 2. The van der Waals surface area contributed by atoms with E-state index in [-0.39, 0.29) is 29.1 Å². The second-order valence-electron chi connectivity index (χ2n) is 4.15. The summed E-state index contributed by atoms with van der Waals surface area (Å²) in [6.45, 7) is -0.155. The number of carbonyl (C=O) groups is 2. The Bertz CT molecular complexity index is 489. The normalized spacial score (nSPS) is 14.1. The molecule has 6 heteroatoms. The van der Waals surface area contributed by atoms with Gasteiger partial charge in [-0.2, -0.15) is 0 Å². The van der Waals surface area contributed by atoms with Crippen molar-refractivity contribution in [1.82, 2.24) is 10.6 Å². The minimum absolute atomic E-state index is 0.126. The lowest BCUT2D eigenvalue weighted by Gasteiger charge is -2.06. The first-order valence-corrected chi connectivity index (χ1v) is 5.96. The van der Waals surface area contributed by atoms with Crippen molar-refractivity contribution in [2.24, 2.45) is 0 Å². The molecule has 0 heterocycles. The molecule has 0 spiro atoms. The quantitative estimate of drug-likeness (QED) is 0.871. The number of hydrogen-bond donors (Lipinski definition) is 2. The summed E-state index contributed by atoms with van der Waals surface area (Å²) < 4.78 is 13.4. The van der Waals surface area contributed by atoms with Crippen LogP contribution in [0, 0.1) is 5.82 Å². The minimum atomic E-state index is -0.706. The maximum atomic E-state index is 13.4. The van der Waals surface area contributed by atoms with Gasteiger partial charge in [0.25, 0.3) is 5.91 Å². The summed E-state index contributed by atoms with van der Waals surface area (Å²) >= 11 is 5.58. The molecule has 0 radical (unpaired) electrons. The topological polar surface area (TPSA) is 58.2 Å². The van der Waals surface area contributed by atoms with E-state index in [1.54, 1.807) is 0 Å². The van der Waals surface area contributed by atoms with Crippen molar-refractivity contribution >= 4 is 23.4 Å². The van der Waals surface area contributed by atoms with E-state index >= 15 is 0 Å². The van der Waals surface area contributed by atoms with Crippen LogP contribution in [-0.2, 0) is 4.79 Å². The highest BCUT2D eigenvalue weighted by Gasteiger charge is 2.23. The Kier molecular flexibility index (Phi) is 3.81. The Hall–Kier alpha value is -1.62. The first-order chi connectivity index (χ1) is 8.56. The predicted molar refractivity (Wildman–Crippen MR) is 64.9 cm³/mol. The maximum Gasteiger partial charge on any atom is 0.254 e. The van der Waals surface area contributed by atoms with Gasteiger partial charge in [-0.05, 0) is 31.0 Å². The zero-order valence-electron chi connectivity index (χ0n) is 9.50. The number of rotatable bonds is 4. The molecule has 1 aliphatic rings. The summed E-state index contributed by atoms with van der Waals surface area (Å²) in [6, 6.07) is 4.00. The largest absolute Gasteiger partial charge is 0.352 e. The van der Waals surface area contributed by atoms with Gasteiger partial charge in [0.15, 0.2) is 0 Å². The zero-order chi connectivity index (χ0) is 13.1. The molecule has 0 saturated heterocycles. The Morgan fingerprint density at radius 3 is 2.72 bits per heavy atom. The van der Waals surface area contributed by atoms with E-state index in [0.717, 1.165) is 18.9 Å². The van der Waals surface area contributed by atoms with Crippen molar-refractivity contribution in [3.63, 3.8) is 0 Å². The zero-order valence-corrected chi connectivity index (χ0v) is 10.3. The van der Waals surface area contributed by atoms with Crippen LogP contribution in [0.15, 0.2) is 18.2 Å². The molecule has 0 aliphatic heterocycles. The van der Waals surface area contributed by atoms with Crippen LogP contribution in [0.2, 0.25) is 5.02 Å². The number of hydrogen-bond acceptors (Lipinski definition) is 2. The highest BCUT2D eigenvalue weighted by Crippen LogP contribution is 2.18. The fraction of sp³-hybridized carbons (Fsp3) is 0.333. The molecular weight excluding hydrogens is 259 g/mol. The molecule has 0 aromatic heterocycles. The second kappa shape index (κ2) is 5.35. The average molecular weight is 271 g/mol. The van der Waals surface area contributed by atoms with E-state index in [4.69, 9.17) is 11.6 Å². The van der Waals surface area contributed by atoms with Gasteiger partial charge in [0.2, 0.25) is 5.91 Å². The van der Waals surface area contributed by atoms with E-state index in [2.05, 4.69) is 10.6 Å². The third-order valence-electron chi connectivity index (χ3n) is 2.53. The van der Waals surface area contributed by atoms with Crippen molar-refractivity contribution in [3.8, 4) is 0 Å². The summed E-state index contributed by atoms with van der Waals surface area (Å²) in [6.07, 6.45) is 1.96. The standard InChI is InChI=1S/C12H12ClFN2O2/c13-7-1-4-9(10(14)5-7)12(18)15-6-11(17)16-8-2-3-8/h1,4-5,8H,2-3,6H2,(H,15,18)(H,16,17). The molecular formula is C12H12ClFN2O2. The van der Waals surface area contributed by atoms with Crippen LogP contribution in [0.5, 0.6) is 0 Å². The molecule has 1 aliphatic carbocycles. The van der Waals surface area contributed by atoms with Crippen LogP contribution in [0.25, 0.3) is 0 Å². The van der Waals surface area contributed by atoms with Crippen molar-refractivity contribution in [3.05, 3.63) is 34.6 Å². The molecule has 4 nitrogen and oxygen atoms in total. The van der Waals surface area contributed by atoms with Crippen LogP contribution in [0.1, 0.15) is 23.2 Å². The van der Waals surface area contributed by atoms with E-state index in [1.807, 2.05) is 0 Å². The molecule has 0 unspecified atom stereocenters. The van der Waals surface area contributed by atoms with Gasteiger partial charge >= 0.3 is 0 Å². The molecule has 2 rings (SSSR count). The Morgan fingerprint density at radius 2 is 2.11 bits per heavy atom. The number of halogens is 2. The van der Waals surface area contributed by atoms with Gasteiger partial charge in [-0.1, -0.05) is 11.6 Å². The summed E-state index contributed by atoms with van der Waals surface area (Å²) in [5.41, 5.74) is -0.126. The number of carbonyl (C=O) groups excluding carboxylic acids is 2. The van der Waals surface area contributed by atoms with Gasteiger partial charge in [-0.15, -0.1) is 0 Å². The van der Waals surface area contributed by atoms with Crippen molar-refractivity contribution in [2.45, 2.75) is 18.9 Å². The molecule has 1 aromatic rings. The van der Waals surface area contributed by atoms with Crippen LogP contribution >= 0.6 is 11.6 Å². The first-order valence-electron chi connectivity index (χ1n) is 5.59. The SMILES string of the molecule is O=C(CNC(=O)c1ccc(Cl)cc1F)NC1CC1. The summed E-state index contributed by atoms with van der Waals surface area (Å²) in [4.78, 5) is 22.9. The van der Waals surface area contributed by atoms with Crippen LogP contribution in [0.4, 0.5) is 4.39 Å². The predicted octanol–water partition coefficient (Wildman–Crippen LogP) is 1.49. The third-order valence-corrected chi connectivity index (χ3v) is 2.76. The molecule has 18 heavy (non-hydrogen) atoms. The van der Waals surface area contributed by atoms with Crippen LogP contribution < -0.4 is 10.6 Å². The molecule has 96 valence electrons. The van der Waals surface area contributed by atoms with E-state index in [1.165, 1.54) is 12.1 Å². The van der Waals surface area contributed by atoms with E-state index in [9.17, 15) is 14.0 Å². The fourth-order valence-corrected chi connectivity index (χ4v) is 1.59.